The van der Waals surface area contributed by atoms with Crippen molar-refractivity contribution in [3.63, 3.8) is 0 Å². The number of rotatable bonds is 4. The molecule has 1 amide bonds. The molecule has 0 bridgehead atoms. The number of carbonyl (C=O) groups is 1. The lowest BCUT2D eigenvalue weighted by atomic mass is 10.1. The van der Waals surface area contributed by atoms with Crippen molar-refractivity contribution in [1.29, 1.82) is 0 Å². The van der Waals surface area contributed by atoms with E-state index in [1.165, 1.54) is 34.4 Å². The van der Waals surface area contributed by atoms with Crippen LogP contribution in [-0.4, -0.2) is 20.4 Å². The van der Waals surface area contributed by atoms with Crippen LogP contribution < -0.4 is 10.9 Å². The van der Waals surface area contributed by atoms with Gasteiger partial charge in [0, 0.05) is 6.07 Å². The van der Waals surface area contributed by atoms with Crippen LogP contribution in [0.25, 0.3) is 10.2 Å². The van der Waals surface area contributed by atoms with Crippen molar-refractivity contribution in [3.8, 4) is 0 Å². The second kappa shape index (κ2) is 6.20. The number of benzene rings is 1. The minimum atomic E-state index is -0.510. The average molecular weight is 344 g/mol. The maximum atomic E-state index is 12.2. The number of hydrogen-bond acceptors (Lipinski definition) is 6. The van der Waals surface area contributed by atoms with Gasteiger partial charge in [0.1, 0.15) is 11.4 Å². The lowest BCUT2D eigenvalue weighted by Gasteiger charge is -2.09. The third-order valence-corrected chi connectivity index (χ3v) is 4.36. The number of hydrogen-bond donors (Lipinski definition) is 1. The van der Waals surface area contributed by atoms with Crippen molar-refractivity contribution in [3.05, 3.63) is 62.0 Å². The van der Waals surface area contributed by atoms with Crippen LogP contribution in [0.1, 0.15) is 5.56 Å². The highest BCUT2D eigenvalue weighted by atomic mass is 32.1. The van der Waals surface area contributed by atoms with Gasteiger partial charge in [0.05, 0.1) is 27.9 Å². The second-order valence-corrected chi connectivity index (χ2v) is 5.97. The molecular formula is C15H12N4O4S. The van der Waals surface area contributed by atoms with Gasteiger partial charge in [0.25, 0.3) is 11.2 Å². The van der Waals surface area contributed by atoms with E-state index >= 15 is 0 Å². The van der Waals surface area contributed by atoms with E-state index in [0.717, 1.165) is 0 Å². The summed E-state index contributed by atoms with van der Waals surface area (Å²) >= 11 is 1.35. The molecule has 0 fully saturated rings. The molecule has 3 aromatic rings. The third kappa shape index (κ3) is 2.88. The summed E-state index contributed by atoms with van der Waals surface area (Å²) in [7, 11) is 0. The van der Waals surface area contributed by atoms with E-state index < -0.39 is 10.8 Å². The SMILES string of the molecule is Cc1c(NC(=O)Cn2cnc3sccc3c2=O)cccc1[N+](=O)[O-]. The Morgan fingerprint density at radius 2 is 2.21 bits per heavy atom. The number of nitro benzene ring substituents is 1. The maximum absolute atomic E-state index is 12.2. The largest absolute Gasteiger partial charge is 0.324 e. The van der Waals surface area contributed by atoms with Crippen molar-refractivity contribution in [2.24, 2.45) is 0 Å². The monoisotopic (exact) mass is 344 g/mol. The Morgan fingerprint density at radius 1 is 1.42 bits per heavy atom. The number of fused-ring (bicyclic) bond motifs is 1. The van der Waals surface area contributed by atoms with E-state index in [4.69, 9.17) is 0 Å². The lowest BCUT2D eigenvalue weighted by Crippen LogP contribution is -2.27. The minimum Gasteiger partial charge on any atom is -0.324 e. The summed E-state index contributed by atoms with van der Waals surface area (Å²) in [6.07, 6.45) is 1.32. The molecule has 0 aliphatic heterocycles. The van der Waals surface area contributed by atoms with Crippen LogP contribution in [0.15, 0.2) is 40.8 Å². The third-order valence-electron chi connectivity index (χ3n) is 3.54. The normalized spacial score (nSPS) is 10.7. The van der Waals surface area contributed by atoms with Gasteiger partial charge in [-0.3, -0.25) is 24.3 Å². The molecule has 1 N–H and O–H groups in total. The van der Waals surface area contributed by atoms with Crippen LogP contribution in [0, 0.1) is 17.0 Å². The van der Waals surface area contributed by atoms with E-state index in [9.17, 15) is 19.7 Å². The van der Waals surface area contributed by atoms with E-state index in [2.05, 4.69) is 10.3 Å². The first kappa shape index (κ1) is 15.8. The summed E-state index contributed by atoms with van der Waals surface area (Å²) in [6.45, 7) is 1.33. The van der Waals surface area contributed by atoms with Crippen LogP contribution in [-0.2, 0) is 11.3 Å². The molecule has 122 valence electrons. The number of carbonyl (C=O) groups excluding carboxylic acids is 1. The Hall–Kier alpha value is -3.07. The number of nitrogens with zero attached hydrogens (tertiary/aromatic N) is 3. The fourth-order valence-electron chi connectivity index (χ4n) is 2.31. The van der Waals surface area contributed by atoms with Crippen molar-refractivity contribution >= 4 is 38.8 Å². The topological polar surface area (TPSA) is 107 Å². The molecule has 0 saturated carbocycles. The molecule has 0 aliphatic rings. The Morgan fingerprint density at radius 3 is 2.96 bits per heavy atom. The van der Waals surface area contributed by atoms with Gasteiger partial charge in [-0.05, 0) is 24.4 Å². The zero-order valence-corrected chi connectivity index (χ0v) is 13.4. The highest BCUT2D eigenvalue weighted by molar-refractivity contribution is 7.16. The second-order valence-electron chi connectivity index (χ2n) is 5.07. The average Bonchev–Trinajstić information content (AvgIpc) is 3.01. The van der Waals surface area contributed by atoms with Gasteiger partial charge >= 0.3 is 0 Å². The molecule has 2 aromatic heterocycles. The maximum Gasteiger partial charge on any atom is 0.274 e. The van der Waals surface area contributed by atoms with Gasteiger partial charge in [-0.15, -0.1) is 11.3 Å². The number of nitro groups is 1. The van der Waals surface area contributed by atoms with E-state index in [1.54, 1.807) is 24.4 Å². The van der Waals surface area contributed by atoms with Crippen molar-refractivity contribution in [2.75, 3.05) is 5.32 Å². The molecule has 0 spiro atoms. The fourth-order valence-corrected chi connectivity index (χ4v) is 3.03. The summed E-state index contributed by atoms with van der Waals surface area (Å²) < 4.78 is 1.21. The Labute approximate surface area is 139 Å². The van der Waals surface area contributed by atoms with Crippen molar-refractivity contribution in [2.45, 2.75) is 13.5 Å². The first-order valence-electron chi connectivity index (χ1n) is 6.94. The predicted molar refractivity (Wildman–Crippen MR) is 90.3 cm³/mol. The van der Waals surface area contributed by atoms with Crippen LogP contribution >= 0.6 is 11.3 Å². The Bertz CT molecular complexity index is 1010. The van der Waals surface area contributed by atoms with E-state index in [-0.39, 0.29) is 17.8 Å². The molecule has 0 unspecified atom stereocenters. The number of amides is 1. The molecule has 9 heteroatoms. The standard InChI is InChI=1S/C15H12N4O4S/c1-9-11(3-2-4-12(9)19(22)23)17-13(20)7-18-8-16-14-10(15(18)21)5-6-24-14/h2-6,8H,7H2,1H3,(H,17,20). The molecule has 3 rings (SSSR count). The first-order valence-corrected chi connectivity index (χ1v) is 7.82. The van der Waals surface area contributed by atoms with Crippen LogP contribution in [0.5, 0.6) is 0 Å². The summed E-state index contributed by atoms with van der Waals surface area (Å²) in [5.74, 6) is -0.461. The number of anilines is 1. The quantitative estimate of drug-likeness (QED) is 0.577. The number of nitrogens with one attached hydrogen (secondary N) is 1. The molecule has 1 aromatic carbocycles. The lowest BCUT2D eigenvalue weighted by molar-refractivity contribution is -0.385. The van der Waals surface area contributed by atoms with Crippen LogP contribution in [0.4, 0.5) is 11.4 Å². The van der Waals surface area contributed by atoms with Gasteiger partial charge in [-0.1, -0.05) is 6.07 Å². The summed E-state index contributed by atoms with van der Waals surface area (Å²) in [6, 6.07) is 6.09. The fraction of sp³-hybridized carbons (Fsp3) is 0.133. The summed E-state index contributed by atoms with van der Waals surface area (Å²) in [4.78, 5) is 39.6. The van der Waals surface area contributed by atoms with Gasteiger partial charge < -0.3 is 5.32 Å². The highest BCUT2D eigenvalue weighted by Crippen LogP contribution is 2.25. The number of thiophene rings is 1. The zero-order chi connectivity index (χ0) is 17.3. The smallest absolute Gasteiger partial charge is 0.274 e. The van der Waals surface area contributed by atoms with E-state index in [1.807, 2.05) is 0 Å². The Balaban J connectivity index is 1.83. The van der Waals surface area contributed by atoms with Crippen molar-refractivity contribution in [1.82, 2.24) is 9.55 Å². The van der Waals surface area contributed by atoms with Gasteiger partial charge in [0.2, 0.25) is 5.91 Å². The zero-order valence-electron chi connectivity index (χ0n) is 12.6. The molecular weight excluding hydrogens is 332 g/mol. The molecule has 2 heterocycles. The van der Waals surface area contributed by atoms with Crippen LogP contribution in [0.2, 0.25) is 0 Å². The molecule has 0 atom stereocenters. The minimum absolute atomic E-state index is 0.0775. The van der Waals surface area contributed by atoms with Gasteiger partial charge in [-0.25, -0.2) is 4.98 Å². The Kier molecular flexibility index (Phi) is 4.09. The molecule has 8 nitrogen and oxygen atoms in total. The van der Waals surface area contributed by atoms with E-state index in [0.29, 0.717) is 21.5 Å². The molecule has 24 heavy (non-hydrogen) atoms. The van der Waals surface area contributed by atoms with Crippen LogP contribution in [0.3, 0.4) is 0 Å². The first-order chi connectivity index (χ1) is 11.5. The predicted octanol–water partition coefficient (Wildman–Crippen LogP) is 2.31. The van der Waals surface area contributed by atoms with Gasteiger partial charge in [-0.2, -0.15) is 0 Å². The highest BCUT2D eigenvalue weighted by Gasteiger charge is 2.15. The molecule has 0 radical (unpaired) electrons. The van der Waals surface area contributed by atoms with Crippen molar-refractivity contribution < 1.29 is 9.72 Å². The summed E-state index contributed by atoms with van der Waals surface area (Å²) in [5, 5.41) is 15.7. The summed E-state index contributed by atoms with van der Waals surface area (Å²) in [5.41, 5.74) is 0.319. The van der Waals surface area contributed by atoms with Gasteiger partial charge in [0.15, 0.2) is 0 Å². The number of aromatic nitrogens is 2. The molecule has 0 aliphatic carbocycles. The molecule has 0 saturated heterocycles.